The van der Waals surface area contributed by atoms with E-state index < -0.39 is 65.8 Å². The molecule has 3 heterocycles. The molecule has 0 radical (unpaired) electrons. The number of hydrogen-bond acceptors (Lipinski definition) is 4. The van der Waals surface area contributed by atoms with E-state index >= 15 is 0 Å². The largest absolute Gasteiger partial charge is 0.311 e. The monoisotopic (exact) mass is 940 g/mol. The van der Waals surface area contributed by atoms with E-state index in [1.165, 1.54) is 27.5 Å². The SMILES string of the molecule is [2H]c1c([2H])c([2H])c(-c2cc(-c3ccc4c(c3)-c3ccccc3C43c4ccccc4-c4cc5c(cc43)N(c3ccccc3)c3cc(C)cc4c3B5c3cc(C)ccc3N4c3ccc(C)cc3)nc(-c3c([2H])c([2H])c([2H])c([2H])c3[2H])n2)c([2H])c1[2H]. The lowest BCUT2D eigenvalue weighted by Gasteiger charge is -2.45. The molecule has 1 spiro atoms. The van der Waals surface area contributed by atoms with E-state index in [0.29, 0.717) is 5.56 Å². The Morgan fingerprint density at radius 1 is 0.397 bits per heavy atom. The Kier molecular flexibility index (Phi) is 7.06. The van der Waals surface area contributed by atoms with Gasteiger partial charge in [0.15, 0.2) is 5.82 Å². The van der Waals surface area contributed by atoms with E-state index in [9.17, 15) is 0 Å². The summed E-state index contributed by atoms with van der Waals surface area (Å²) in [7, 11) is 0. The summed E-state index contributed by atoms with van der Waals surface area (Å²) in [4.78, 5) is 14.5. The Bertz CT molecular complexity index is 4560. The Morgan fingerprint density at radius 3 is 1.66 bits per heavy atom. The van der Waals surface area contributed by atoms with Gasteiger partial charge in [-0.1, -0.05) is 181 Å². The molecular weight excluding hydrogens is 884 g/mol. The fourth-order valence-corrected chi connectivity index (χ4v) is 12.5. The standard InChI is InChI=1S/C68H47BN4/c1-42-27-31-49(32-28-42)72-62-34-29-43(2)35-58(62)69-59-39-53-51-24-14-16-26-55(51)68(57(53)40-63(59)73(48-21-11-6-12-22-48)65-37-44(3)36-64(72)66(65)69)54-25-15-13-23-50(54)52-38-47(30-33-56(52)68)61-41-60(45-17-7-4-8-18-45)70-67(71-61)46-19-9-5-10-20-46/h4-41H,1-3H3/i4D,5D,7D,8D,9D,10D,17D,18D,19D,20D. The minimum atomic E-state index is -0.822. The molecule has 2 aliphatic carbocycles. The average Bonchev–Trinajstić information content (AvgIpc) is 1.69. The smallest absolute Gasteiger partial charge is 0.252 e. The number of fused-ring (bicyclic) bond motifs is 14. The third kappa shape index (κ3) is 6.03. The van der Waals surface area contributed by atoms with Crippen molar-refractivity contribution >= 4 is 57.2 Å². The Labute approximate surface area is 440 Å². The van der Waals surface area contributed by atoms with Crippen molar-refractivity contribution in [2.24, 2.45) is 0 Å². The molecular formula is C68H47BN4. The van der Waals surface area contributed by atoms with Gasteiger partial charge in [0.1, 0.15) is 0 Å². The van der Waals surface area contributed by atoms with Gasteiger partial charge in [0.2, 0.25) is 0 Å². The van der Waals surface area contributed by atoms with Gasteiger partial charge in [-0.25, -0.2) is 9.97 Å². The summed E-state index contributed by atoms with van der Waals surface area (Å²) >= 11 is 0. The molecule has 1 aromatic heterocycles. The van der Waals surface area contributed by atoms with Crippen LogP contribution in [0.2, 0.25) is 0 Å². The summed E-state index contributed by atoms with van der Waals surface area (Å²) in [5.41, 5.74) is 21.8. The predicted molar refractivity (Wildman–Crippen MR) is 303 cm³/mol. The van der Waals surface area contributed by atoms with Gasteiger partial charge in [-0.05, 0) is 148 Å². The second-order valence-corrected chi connectivity index (χ2v) is 19.6. The van der Waals surface area contributed by atoms with Crippen LogP contribution in [-0.4, -0.2) is 16.7 Å². The first-order valence-electron chi connectivity index (χ1n) is 29.6. The fourth-order valence-electron chi connectivity index (χ4n) is 12.5. The second kappa shape index (κ2) is 15.7. The molecule has 5 heteroatoms. The summed E-state index contributed by atoms with van der Waals surface area (Å²) in [6.45, 7) is 6.36. The second-order valence-electron chi connectivity index (χ2n) is 19.6. The molecule has 10 aromatic carbocycles. The molecule has 0 saturated carbocycles. The highest BCUT2D eigenvalue weighted by atomic mass is 15.2. The molecule has 342 valence electrons. The molecule has 0 N–H and O–H groups in total. The number of rotatable bonds is 5. The summed E-state index contributed by atoms with van der Waals surface area (Å²) in [6, 6.07) is 55.3. The Balaban J connectivity index is 0.987. The molecule has 4 nitrogen and oxygen atoms in total. The number of nitrogens with zero attached hydrogens (tertiary/aromatic N) is 4. The van der Waals surface area contributed by atoms with Gasteiger partial charge in [0.05, 0.1) is 30.5 Å². The van der Waals surface area contributed by atoms with Crippen LogP contribution in [0.15, 0.2) is 230 Å². The Hall–Kier alpha value is -9.06. The molecule has 73 heavy (non-hydrogen) atoms. The first-order valence-corrected chi connectivity index (χ1v) is 24.6. The van der Waals surface area contributed by atoms with E-state index in [-0.39, 0.29) is 35.1 Å². The van der Waals surface area contributed by atoms with Crippen molar-refractivity contribution in [3.8, 4) is 56.2 Å². The Morgan fingerprint density at radius 2 is 0.959 bits per heavy atom. The van der Waals surface area contributed by atoms with Crippen molar-refractivity contribution < 1.29 is 13.7 Å². The molecule has 4 aliphatic rings. The van der Waals surface area contributed by atoms with Crippen molar-refractivity contribution in [3.05, 3.63) is 269 Å². The molecule has 15 rings (SSSR count). The number of benzene rings is 10. The van der Waals surface area contributed by atoms with Gasteiger partial charge < -0.3 is 9.80 Å². The topological polar surface area (TPSA) is 32.3 Å². The van der Waals surface area contributed by atoms with Crippen LogP contribution in [0.25, 0.3) is 56.2 Å². The minimum Gasteiger partial charge on any atom is -0.311 e. The van der Waals surface area contributed by atoms with Crippen LogP contribution in [0.1, 0.15) is 52.7 Å². The highest BCUT2D eigenvalue weighted by molar-refractivity contribution is 7.00. The molecule has 1 atom stereocenters. The maximum atomic E-state index is 8.99. The van der Waals surface area contributed by atoms with Crippen LogP contribution in [-0.2, 0) is 5.41 Å². The molecule has 11 aromatic rings. The number of aryl methyl sites for hydroxylation is 3. The normalized spacial score (nSPS) is 16.9. The van der Waals surface area contributed by atoms with Crippen molar-refractivity contribution in [2.75, 3.05) is 9.80 Å². The number of para-hydroxylation sites is 1. The van der Waals surface area contributed by atoms with E-state index in [0.717, 1.165) is 84.2 Å². The van der Waals surface area contributed by atoms with Gasteiger partial charge in [-0.3, -0.25) is 0 Å². The molecule has 0 saturated heterocycles. The van der Waals surface area contributed by atoms with Crippen LogP contribution in [0.3, 0.4) is 0 Å². The maximum Gasteiger partial charge on any atom is 0.252 e. The van der Waals surface area contributed by atoms with Crippen molar-refractivity contribution in [3.63, 3.8) is 0 Å². The van der Waals surface area contributed by atoms with Crippen molar-refractivity contribution in [1.82, 2.24) is 9.97 Å². The van der Waals surface area contributed by atoms with E-state index in [1.807, 2.05) is 12.1 Å². The zero-order chi connectivity index (χ0) is 57.2. The number of aromatic nitrogens is 2. The quantitative estimate of drug-likeness (QED) is 0.161. The summed E-state index contributed by atoms with van der Waals surface area (Å²) in [5, 5.41) is 0. The van der Waals surface area contributed by atoms with Gasteiger partial charge in [0, 0.05) is 50.8 Å². The van der Waals surface area contributed by atoms with Gasteiger partial charge >= 0.3 is 0 Å². The van der Waals surface area contributed by atoms with Crippen LogP contribution >= 0.6 is 0 Å². The van der Waals surface area contributed by atoms with Crippen LogP contribution < -0.4 is 26.2 Å². The number of anilines is 6. The van der Waals surface area contributed by atoms with Crippen molar-refractivity contribution in [1.29, 1.82) is 0 Å². The molecule has 0 fully saturated rings. The first kappa shape index (κ1) is 32.8. The maximum absolute atomic E-state index is 8.99. The summed E-state index contributed by atoms with van der Waals surface area (Å²) in [6.07, 6.45) is 0. The minimum absolute atomic E-state index is 0.0694. The summed E-state index contributed by atoms with van der Waals surface area (Å²) < 4.78 is 86.9. The van der Waals surface area contributed by atoms with Crippen LogP contribution in [0.5, 0.6) is 0 Å². The van der Waals surface area contributed by atoms with E-state index in [2.05, 4.69) is 187 Å². The molecule has 0 amide bonds. The van der Waals surface area contributed by atoms with E-state index in [4.69, 9.17) is 18.7 Å². The lowest BCUT2D eigenvalue weighted by atomic mass is 9.33. The average molecular weight is 941 g/mol. The van der Waals surface area contributed by atoms with Gasteiger partial charge in [0.25, 0.3) is 6.71 Å². The van der Waals surface area contributed by atoms with Crippen molar-refractivity contribution in [2.45, 2.75) is 26.2 Å². The lowest BCUT2D eigenvalue weighted by molar-refractivity contribution is 0.794. The third-order valence-corrected chi connectivity index (χ3v) is 15.4. The van der Waals surface area contributed by atoms with Crippen LogP contribution in [0.4, 0.5) is 34.1 Å². The predicted octanol–water partition coefficient (Wildman–Crippen LogP) is 14.8. The zero-order valence-electron chi connectivity index (χ0n) is 50.0. The zero-order valence-corrected chi connectivity index (χ0v) is 40.0. The highest BCUT2D eigenvalue weighted by Crippen LogP contribution is 2.64. The van der Waals surface area contributed by atoms with Gasteiger partial charge in [-0.2, -0.15) is 0 Å². The first-order chi connectivity index (χ1) is 40.1. The van der Waals surface area contributed by atoms with Crippen LogP contribution in [0, 0.1) is 20.8 Å². The molecule has 2 aliphatic heterocycles. The lowest BCUT2D eigenvalue weighted by Crippen LogP contribution is -2.61. The van der Waals surface area contributed by atoms with Gasteiger partial charge in [-0.15, -0.1) is 0 Å². The third-order valence-electron chi connectivity index (χ3n) is 15.4. The number of hydrogen-bond donors (Lipinski definition) is 0. The molecule has 0 bridgehead atoms. The summed E-state index contributed by atoms with van der Waals surface area (Å²) in [5.74, 6) is -0.257. The highest BCUT2D eigenvalue weighted by Gasteiger charge is 2.53. The molecule has 1 unspecified atom stereocenters. The fraction of sp³-hybridized carbons (Fsp3) is 0.0588. The van der Waals surface area contributed by atoms with E-state index in [1.54, 1.807) is 6.07 Å².